The van der Waals surface area contributed by atoms with Crippen molar-refractivity contribution in [2.24, 2.45) is 0 Å². The predicted octanol–water partition coefficient (Wildman–Crippen LogP) is 3.17. The molecule has 0 atom stereocenters. The van der Waals surface area contributed by atoms with Gasteiger partial charge in [0.1, 0.15) is 17.9 Å². The molecule has 3 amide bonds. The van der Waals surface area contributed by atoms with Crippen LogP contribution in [0.4, 0.5) is 11.4 Å². The lowest BCUT2D eigenvalue weighted by molar-refractivity contribution is -0.385. The van der Waals surface area contributed by atoms with Gasteiger partial charge in [-0.25, -0.2) is 0 Å². The molecule has 176 valence electrons. The van der Waals surface area contributed by atoms with Crippen molar-refractivity contribution in [1.29, 1.82) is 0 Å². The number of nitrogens with one attached hydrogen (secondary N) is 1. The smallest absolute Gasteiger partial charge is 0.326 e. The van der Waals surface area contributed by atoms with Crippen LogP contribution in [-0.4, -0.2) is 46.7 Å². The number of hydrogen-bond acceptors (Lipinski definition) is 8. The van der Waals surface area contributed by atoms with E-state index in [1.807, 2.05) is 6.07 Å². The maximum Gasteiger partial charge on any atom is 0.326 e. The van der Waals surface area contributed by atoms with Crippen molar-refractivity contribution >= 4 is 35.1 Å². The second-order valence-electron chi connectivity index (χ2n) is 7.27. The molecule has 0 bridgehead atoms. The summed E-state index contributed by atoms with van der Waals surface area (Å²) >= 11 is 0. The first-order valence-electron chi connectivity index (χ1n) is 10.3. The molecule has 1 heterocycles. The molecule has 3 aromatic rings. The van der Waals surface area contributed by atoms with E-state index in [9.17, 15) is 29.3 Å². The molecular formula is C24H17N3O8. The van der Waals surface area contributed by atoms with E-state index in [1.165, 1.54) is 12.1 Å². The standard InChI is InChI=1S/C24H17N3O8/c28-20(25-17-10-4-5-12-19(17)35-15-7-2-1-3-8-15)14-34-21(29)13-26-23(30)16-9-6-11-18(27(32)33)22(16)24(26)31/h1-12H,13-14H2,(H,25,28). The molecule has 0 fully saturated rings. The topological polar surface area (TPSA) is 145 Å². The van der Waals surface area contributed by atoms with Gasteiger partial charge in [-0.3, -0.25) is 34.2 Å². The van der Waals surface area contributed by atoms with Gasteiger partial charge in [0.25, 0.3) is 23.4 Å². The fraction of sp³-hybridized carbons (Fsp3) is 0.0833. The van der Waals surface area contributed by atoms with Gasteiger partial charge in [0.15, 0.2) is 12.4 Å². The van der Waals surface area contributed by atoms with Gasteiger partial charge in [-0.1, -0.05) is 36.4 Å². The van der Waals surface area contributed by atoms with Crippen molar-refractivity contribution in [3.63, 3.8) is 0 Å². The van der Waals surface area contributed by atoms with Gasteiger partial charge in [-0.15, -0.1) is 0 Å². The van der Waals surface area contributed by atoms with Crippen LogP contribution in [0.1, 0.15) is 20.7 Å². The number of nitrogens with zero attached hydrogens (tertiary/aromatic N) is 2. The Balaban J connectivity index is 1.35. The van der Waals surface area contributed by atoms with E-state index in [0.717, 1.165) is 6.07 Å². The van der Waals surface area contributed by atoms with Crippen molar-refractivity contribution < 1.29 is 33.6 Å². The number of para-hydroxylation sites is 3. The summed E-state index contributed by atoms with van der Waals surface area (Å²) in [5, 5.41) is 13.7. The van der Waals surface area contributed by atoms with Crippen LogP contribution in [0.5, 0.6) is 11.5 Å². The number of rotatable bonds is 8. The number of carbonyl (C=O) groups excluding carboxylic acids is 4. The summed E-state index contributed by atoms with van der Waals surface area (Å²) in [6.07, 6.45) is 0. The van der Waals surface area contributed by atoms with Crippen molar-refractivity contribution in [3.05, 3.63) is 94.0 Å². The molecule has 0 saturated carbocycles. The third-order valence-electron chi connectivity index (χ3n) is 4.96. The minimum atomic E-state index is -1.04. The fourth-order valence-corrected chi connectivity index (χ4v) is 3.39. The summed E-state index contributed by atoms with van der Waals surface area (Å²) in [5.41, 5.74) is -0.759. The Morgan fingerprint density at radius 1 is 0.914 bits per heavy atom. The van der Waals surface area contributed by atoms with Gasteiger partial charge in [-0.05, 0) is 30.3 Å². The lowest BCUT2D eigenvalue weighted by atomic mass is 10.1. The van der Waals surface area contributed by atoms with Crippen molar-refractivity contribution in [2.45, 2.75) is 0 Å². The van der Waals surface area contributed by atoms with Gasteiger partial charge >= 0.3 is 5.97 Å². The average molecular weight is 475 g/mol. The molecule has 0 aliphatic carbocycles. The molecule has 0 radical (unpaired) electrons. The normalized spacial score (nSPS) is 12.2. The number of nitro groups is 1. The third-order valence-corrected chi connectivity index (χ3v) is 4.96. The quantitative estimate of drug-likeness (QED) is 0.226. The first-order valence-corrected chi connectivity index (χ1v) is 10.3. The monoisotopic (exact) mass is 475 g/mol. The largest absolute Gasteiger partial charge is 0.455 e. The number of nitro benzene ring substituents is 1. The number of esters is 1. The number of benzene rings is 3. The molecular weight excluding hydrogens is 458 g/mol. The number of fused-ring (bicyclic) bond motifs is 1. The molecule has 3 aromatic carbocycles. The molecule has 1 aliphatic rings. The van der Waals surface area contributed by atoms with Crippen molar-refractivity contribution in [3.8, 4) is 11.5 Å². The summed E-state index contributed by atoms with van der Waals surface area (Å²) in [6.45, 7) is -1.49. The van der Waals surface area contributed by atoms with E-state index in [4.69, 9.17) is 9.47 Å². The average Bonchev–Trinajstić information content (AvgIpc) is 3.09. The number of carbonyl (C=O) groups is 4. The Morgan fingerprint density at radius 3 is 2.37 bits per heavy atom. The minimum absolute atomic E-state index is 0.176. The van der Waals surface area contributed by atoms with Crippen molar-refractivity contribution in [1.82, 2.24) is 4.90 Å². The van der Waals surface area contributed by atoms with Crippen LogP contribution in [-0.2, 0) is 14.3 Å². The zero-order chi connectivity index (χ0) is 24.9. The Morgan fingerprint density at radius 2 is 1.63 bits per heavy atom. The van der Waals surface area contributed by atoms with E-state index < -0.39 is 47.5 Å². The molecule has 1 aliphatic heterocycles. The SMILES string of the molecule is O=C(COC(=O)CN1C(=O)c2cccc([N+](=O)[O-])c2C1=O)Nc1ccccc1Oc1ccccc1. The van der Waals surface area contributed by atoms with Gasteiger partial charge in [0, 0.05) is 6.07 Å². The third kappa shape index (κ3) is 4.98. The van der Waals surface area contributed by atoms with Crippen LogP contribution in [0.15, 0.2) is 72.8 Å². The number of amides is 3. The van der Waals surface area contributed by atoms with E-state index in [0.29, 0.717) is 22.1 Å². The molecule has 4 rings (SSSR count). The van der Waals surface area contributed by atoms with Gasteiger partial charge in [0.2, 0.25) is 0 Å². The molecule has 0 aromatic heterocycles. The first kappa shape index (κ1) is 23.1. The van der Waals surface area contributed by atoms with Crippen LogP contribution in [0.25, 0.3) is 0 Å². The predicted molar refractivity (Wildman–Crippen MR) is 121 cm³/mol. The zero-order valence-electron chi connectivity index (χ0n) is 18.0. The van der Waals surface area contributed by atoms with Gasteiger partial charge in [0.05, 0.1) is 16.2 Å². The maximum atomic E-state index is 12.5. The summed E-state index contributed by atoms with van der Waals surface area (Å²) in [5.74, 6) is -2.63. The van der Waals surface area contributed by atoms with Crippen LogP contribution in [0, 0.1) is 10.1 Å². The molecule has 0 saturated heterocycles. The summed E-state index contributed by atoms with van der Waals surface area (Å²) < 4.78 is 10.7. The number of anilines is 1. The molecule has 1 N–H and O–H groups in total. The second kappa shape index (κ2) is 9.83. The van der Waals surface area contributed by atoms with Crippen LogP contribution in [0.2, 0.25) is 0 Å². The summed E-state index contributed by atoms with van der Waals surface area (Å²) in [7, 11) is 0. The molecule has 35 heavy (non-hydrogen) atoms. The minimum Gasteiger partial charge on any atom is -0.455 e. The highest BCUT2D eigenvalue weighted by molar-refractivity contribution is 6.24. The van der Waals surface area contributed by atoms with Gasteiger partial charge < -0.3 is 14.8 Å². The zero-order valence-corrected chi connectivity index (χ0v) is 18.0. The highest BCUT2D eigenvalue weighted by Crippen LogP contribution is 2.31. The Kier molecular flexibility index (Phi) is 6.49. The second-order valence-corrected chi connectivity index (χ2v) is 7.27. The van der Waals surface area contributed by atoms with Crippen LogP contribution < -0.4 is 10.1 Å². The lowest BCUT2D eigenvalue weighted by Gasteiger charge is -2.14. The number of hydrogen-bond donors (Lipinski definition) is 1. The Hall–Kier alpha value is -5.06. The lowest BCUT2D eigenvalue weighted by Crippen LogP contribution is -2.36. The highest BCUT2D eigenvalue weighted by atomic mass is 16.6. The van der Waals surface area contributed by atoms with Crippen molar-refractivity contribution in [2.75, 3.05) is 18.5 Å². The highest BCUT2D eigenvalue weighted by Gasteiger charge is 2.42. The Bertz CT molecular complexity index is 1340. The molecule has 0 unspecified atom stereocenters. The van der Waals surface area contributed by atoms with Gasteiger partial charge in [-0.2, -0.15) is 0 Å². The van der Waals surface area contributed by atoms with E-state index in [2.05, 4.69) is 5.32 Å². The summed E-state index contributed by atoms with van der Waals surface area (Å²) in [4.78, 5) is 60.5. The molecule has 0 spiro atoms. The maximum absolute atomic E-state index is 12.5. The van der Waals surface area contributed by atoms with E-state index in [1.54, 1.807) is 48.5 Å². The fourth-order valence-electron chi connectivity index (χ4n) is 3.39. The molecule has 11 nitrogen and oxygen atoms in total. The molecule has 11 heteroatoms. The number of ether oxygens (including phenoxy) is 2. The first-order chi connectivity index (χ1) is 16.8. The van der Waals surface area contributed by atoms with E-state index >= 15 is 0 Å². The number of imide groups is 1. The Labute approximate surface area is 198 Å². The van der Waals surface area contributed by atoms with Crippen LogP contribution in [0.3, 0.4) is 0 Å². The summed E-state index contributed by atoms with van der Waals surface area (Å²) in [6, 6.07) is 19.2. The van der Waals surface area contributed by atoms with Crippen LogP contribution >= 0.6 is 0 Å². The van der Waals surface area contributed by atoms with E-state index in [-0.39, 0.29) is 11.1 Å².